The average Bonchev–Trinajstić information content (AvgIpc) is 2.61. The van der Waals surface area contributed by atoms with E-state index in [4.69, 9.17) is 4.74 Å². The maximum atomic E-state index is 11.9. The molecule has 0 radical (unpaired) electrons. The van der Waals surface area contributed by atoms with Crippen LogP contribution in [0.15, 0.2) is 52.9 Å². The van der Waals surface area contributed by atoms with Gasteiger partial charge in [-0.15, -0.1) is 4.40 Å². The van der Waals surface area contributed by atoms with E-state index in [-0.39, 0.29) is 17.4 Å². The Morgan fingerprint density at radius 3 is 2.65 bits per heavy atom. The second-order valence-corrected chi connectivity index (χ2v) is 8.34. The smallest absolute Gasteiger partial charge is 0.256 e. The van der Waals surface area contributed by atoms with Crippen molar-refractivity contribution in [2.75, 3.05) is 18.8 Å². The molecule has 4 rings (SSSR count). The number of benzene rings is 2. The molecule has 1 N–H and O–H groups in total. The van der Waals surface area contributed by atoms with Crippen molar-refractivity contribution in [2.24, 2.45) is 4.40 Å². The molecule has 0 aliphatic carbocycles. The van der Waals surface area contributed by atoms with Gasteiger partial charge in [0.15, 0.2) is 0 Å². The third-order valence-corrected chi connectivity index (χ3v) is 5.91. The standard InChI is InChI=1S/C19H20N2O4S/c22-15-3-1-4-17(13-15)25-16-8-6-14(7-9-16)18-5-2-10-21-11-12-26(23,24)20-19(18)21/h1,3-4,6-9,13,18,22H,2,5,10-12H2. The van der Waals surface area contributed by atoms with Gasteiger partial charge in [-0.25, -0.2) is 8.42 Å². The fourth-order valence-corrected chi connectivity index (χ4v) is 4.55. The molecule has 0 spiro atoms. The van der Waals surface area contributed by atoms with Gasteiger partial charge in [0.1, 0.15) is 23.1 Å². The van der Waals surface area contributed by atoms with Gasteiger partial charge in [0.25, 0.3) is 10.0 Å². The normalized spacial score (nSPS) is 21.6. The van der Waals surface area contributed by atoms with E-state index in [2.05, 4.69) is 9.30 Å². The average molecular weight is 372 g/mol. The van der Waals surface area contributed by atoms with Gasteiger partial charge in [0.05, 0.1) is 5.75 Å². The molecule has 1 atom stereocenters. The number of phenols is 1. The highest BCUT2D eigenvalue weighted by Crippen LogP contribution is 2.33. The molecule has 0 saturated carbocycles. The number of rotatable bonds is 3. The minimum absolute atomic E-state index is 0.00588. The fraction of sp³-hybridized carbons (Fsp3) is 0.316. The number of phenolic OH excluding ortho intramolecular Hbond substituents is 1. The number of fused-ring (bicyclic) bond motifs is 1. The highest BCUT2D eigenvalue weighted by Gasteiger charge is 2.33. The van der Waals surface area contributed by atoms with Crippen LogP contribution >= 0.6 is 0 Å². The Morgan fingerprint density at radius 2 is 1.88 bits per heavy atom. The van der Waals surface area contributed by atoms with Gasteiger partial charge in [-0.2, -0.15) is 0 Å². The summed E-state index contributed by atoms with van der Waals surface area (Å²) in [6.07, 6.45) is 1.91. The Hall–Kier alpha value is -2.54. The lowest BCUT2D eigenvalue weighted by atomic mass is 9.89. The van der Waals surface area contributed by atoms with Gasteiger partial charge < -0.3 is 14.7 Å². The minimum Gasteiger partial charge on any atom is -0.508 e. The van der Waals surface area contributed by atoms with E-state index < -0.39 is 10.0 Å². The molecular formula is C19H20N2O4S. The SMILES string of the molecule is O=S1(=O)CCN2CCCC(c3ccc(Oc4cccc(O)c4)cc3)C2=N1. The number of aromatic hydroxyl groups is 1. The van der Waals surface area contributed by atoms with Crippen LogP contribution in [0.4, 0.5) is 0 Å². The van der Waals surface area contributed by atoms with Crippen LogP contribution in [0.3, 0.4) is 0 Å². The summed E-state index contributed by atoms with van der Waals surface area (Å²) in [5, 5.41) is 9.51. The molecule has 1 fully saturated rings. The lowest BCUT2D eigenvalue weighted by Crippen LogP contribution is -2.46. The van der Waals surface area contributed by atoms with Crippen LogP contribution in [0, 0.1) is 0 Å². The number of amidine groups is 1. The molecular weight excluding hydrogens is 352 g/mol. The zero-order chi connectivity index (χ0) is 18.1. The highest BCUT2D eigenvalue weighted by molar-refractivity contribution is 7.90. The van der Waals surface area contributed by atoms with Crippen LogP contribution in [0.5, 0.6) is 17.2 Å². The van der Waals surface area contributed by atoms with E-state index >= 15 is 0 Å². The molecule has 6 nitrogen and oxygen atoms in total. The van der Waals surface area contributed by atoms with Gasteiger partial charge in [0.2, 0.25) is 0 Å². The number of nitrogens with zero attached hydrogens (tertiary/aromatic N) is 2. The summed E-state index contributed by atoms with van der Waals surface area (Å²) in [4.78, 5) is 2.09. The number of hydrogen-bond donors (Lipinski definition) is 1. The molecule has 136 valence electrons. The molecule has 2 aromatic rings. The van der Waals surface area contributed by atoms with Gasteiger partial charge in [-0.3, -0.25) is 0 Å². The second kappa shape index (κ2) is 6.64. The summed E-state index contributed by atoms with van der Waals surface area (Å²) in [6, 6.07) is 14.3. The molecule has 2 heterocycles. The summed E-state index contributed by atoms with van der Waals surface area (Å²) in [7, 11) is -3.35. The van der Waals surface area contributed by atoms with Crippen LogP contribution in [0.25, 0.3) is 0 Å². The first-order valence-electron chi connectivity index (χ1n) is 8.64. The minimum atomic E-state index is -3.35. The Labute approximate surface area is 152 Å². The largest absolute Gasteiger partial charge is 0.508 e. The molecule has 1 saturated heterocycles. The zero-order valence-corrected chi connectivity index (χ0v) is 15.0. The van der Waals surface area contributed by atoms with Crippen molar-refractivity contribution in [3.8, 4) is 17.2 Å². The molecule has 2 aliphatic heterocycles. The summed E-state index contributed by atoms with van der Waals surface area (Å²) in [6.45, 7) is 1.39. The number of ether oxygens (including phenoxy) is 1. The number of hydrogen-bond acceptors (Lipinski definition) is 5. The van der Waals surface area contributed by atoms with Crippen molar-refractivity contribution >= 4 is 15.9 Å². The molecule has 0 aromatic heterocycles. The predicted octanol–water partition coefficient (Wildman–Crippen LogP) is 3.11. The Bertz CT molecular complexity index is 938. The van der Waals surface area contributed by atoms with Crippen LogP contribution < -0.4 is 4.74 Å². The summed E-state index contributed by atoms with van der Waals surface area (Å²) < 4.78 is 33.6. The lowest BCUT2D eigenvalue weighted by molar-refractivity contribution is 0.366. The fourth-order valence-electron chi connectivity index (χ4n) is 3.48. The van der Waals surface area contributed by atoms with E-state index in [1.165, 1.54) is 0 Å². The van der Waals surface area contributed by atoms with Crippen molar-refractivity contribution in [3.05, 3.63) is 54.1 Å². The maximum absolute atomic E-state index is 11.9. The van der Waals surface area contributed by atoms with Crippen molar-refractivity contribution < 1.29 is 18.3 Å². The van der Waals surface area contributed by atoms with Crippen LogP contribution in [0.1, 0.15) is 24.3 Å². The third-order valence-electron chi connectivity index (χ3n) is 4.74. The van der Waals surface area contributed by atoms with E-state index in [0.717, 1.165) is 24.9 Å². The van der Waals surface area contributed by atoms with E-state index in [1.807, 2.05) is 24.3 Å². The monoisotopic (exact) mass is 372 g/mol. The predicted molar refractivity (Wildman–Crippen MR) is 99.4 cm³/mol. The van der Waals surface area contributed by atoms with E-state index in [9.17, 15) is 13.5 Å². The second-order valence-electron chi connectivity index (χ2n) is 6.59. The number of piperidine rings is 1. The van der Waals surface area contributed by atoms with Gasteiger partial charge in [-0.05, 0) is 42.7 Å². The van der Waals surface area contributed by atoms with Gasteiger partial charge >= 0.3 is 0 Å². The Balaban J connectivity index is 1.57. The molecule has 26 heavy (non-hydrogen) atoms. The summed E-state index contributed by atoms with van der Waals surface area (Å²) >= 11 is 0. The molecule has 2 aliphatic rings. The van der Waals surface area contributed by atoms with Crippen molar-refractivity contribution in [3.63, 3.8) is 0 Å². The van der Waals surface area contributed by atoms with Crippen LogP contribution in [-0.4, -0.2) is 43.1 Å². The van der Waals surface area contributed by atoms with Crippen molar-refractivity contribution in [1.82, 2.24) is 4.90 Å². The van der Waals surface area contributed by atoms with Crippen molar-refractivity contribution in [2.45, 2.75) is 18.8 Å². The van der Waals surface area contributed by atoms with E-state index in [0.29, 0.717) is 23.9 Å². The maximum Gasteiger partial charge on any atom is 0.256 e. The summed E-state index contributed by atoms with van der Waals surface area (Å²) in [5.74, 6) is 2.13. The van der Waals surface area contributed by atoms with Gasteiger partial charge in [0, 0.05) is 25.1 Å². The zero-order valence-electron chi connectivity index (χ0n) is 14.2. The summed E-state index contributed by atoms with van der Waals surface area (Å²) in [5.41, 5.74) is 1.04. The molecule has 1 unspecified atom stereocenters. The first kappa shape index (κ1) is 16.9. The molecule has 7 heteroatoms. The Kier molecular flexibility index (Phi) is 4.32. The van der Waals surface area contributed by atoms with Crippen molar-refractivity contribution in [1.29, 1.82) is 0 Å². The molecule has 0 amide bonds. The first-order valence-corrected chi connectivity index (χ1v) is 10.3. The molecule has 0 bridgehead atoms. The van der Waals surface area contributed by atoms with Crippen LogP contribution in [-0.2, 0) is 10.0 Å². The third kappa shape index (κ3) is 3.53. The Morgan fingerprint density at radius 1 is 1.08 bits per heavy atom. The first-order chi connectivity index (χ1) is 12.5. The number of sulfonamides is 1. The van der Waals surface area contributed by atoms with E-state index in [1.54, 1.807) is 24.3 Å². The highest BCUT2D eigenvalue weighted by atomic mass is 32.2. The lowest BCUT2D eigenvalue weighted by Gasteiger charge is -2.37. The quantitative estimate of drug-likeness (QED) is 0.896. The van der Waals surface area contributed by atoms with Crippen LogP contribution in [0.2, 0.25) is 0 Å². The van der Waals surface area contributed by atoms with Gasteiger partial charge in [-0.1, -0.05) is 18.2 Å². The topological polar surface area (TPSA) is 79.2 Å². The molecule has 2 aromatic carbocycles.